The quantitative estimate of drug-likeness (QED) is 0.474. The van der Waals surface area contributed by atoms with Gasteiger partial charge in [-0.25, -0.2) is 4.79 Å². The standard InChI is InChI=1S/C20H18ClN3O4/c1-3-28-19(27)20(2)17(23-22-14-9-7-8-13(21)12-14)16(25)18(26)24(20)15-10-5-4-6-11-15/h4-12,22H,3H2,1-2H3/b23-17+/t20-/m0/s1. The Bertz CT molecular complexity index is 961. The zero-order valence-electron chi connectivity index (χ0n) is 15.3. The summed E-state index contributed by atoms with van der Waals surface area (Å²) in [5, 5.41) is 4.56. The predicted octanol–water partition coefficient (Wildman–Crippen LogP) is 3.05. The van der Waals surface area contributed by atoms with E-state index in [2.05, 4.69) is 10.5 Å². The molecule has 144 valence electrons. The van der Waals surface area contributed by atoms with E-state index < -0.39 is 23.2 Å². The monoisotopic (exact) mass is 399 g/mol. The van der Waals surface area contributed by atoms with Crippen molar-refractivity contribution in [1.82, 2.24) is 0 Å². The molecular weight excluding hydrogens is 382 g/mol. The van der Waals surface area contributed by atoms with E-state index in [1.165, 1.54) is 6.92 Å². The molecule has 1 aliphatic rings. The Labute approximate surface area is 166 Å². The summed E-state index contributed by atoms with van der Waals surface area (Å²) >= 11 is 5.95. The summed E-state index contributed by atoms with van der Waals surface area (Å²) in [6, 6.07) is 15.1. The molecule has 1 aliphatic heterocycles. The van der Waals surface area contributed by atoms with Crippen molar-refractivity contribution in [2.75, 3.05) is 16.9 Å². The third-order valence-electron chi connectivity index (χ3n) is 4.33. The summed E-state index contributed by atoms with van der Waals surface area (Å²) in [5.74, 6) is -2.48. The summed E-state index contributed by atoms with van der Waals surface area (Å²) in [7, 11) is 0. The van der Waals surface area contributed by atoms with Gasteiger partial charge in [0.25, 0.3) is 5.78 Å². The third kappa shape index (κ3) is 3.36. The summed E-state index contributed by atoms with van der Waals surface area (Å²) < 4.78 is 5.16. The van der Waals surface area contributed by atoms with Crippen molar-refractivity contribution in [2.24, 2.45) is 5.10 Å². The second kappa shape index (κ2) is 7.82. The number of rotatable bonds is 5. The number of hydrogen-bond donors (Lipinski definition) is 1. The van der Waals surface area contributed by atoms with Crippen LogP contribution in [0, 0.1) is 0 Å². The number of nitrogens with one attached hydrogen (secondary N) is 1. The number of nitrogens with zero attached hydrogens (tertiary/aromatic N) is 2. The first-order valence-corrected chi connectivity index (χ1v) is 8.98. The molecule has 8 heteroatoms. The molecule has 2 aromatic rings. The van der Waals surface area contributed by atoms with Gasteiger partial charge in [-0.3, -0.25) is 19.9 Å². The number of carbonyl (C=O) groups is 3. The average Bonchev–Trinajstić information content (AvgIpc) is 2.88. The molecule has 0 bridgehead atoms. The summed E-state index contributed by atoms with van der Waals surface area (Å²) in [5.41, 5.74) is 1.63. The highest BCUT2D eigenvalue weighted by Crippen LogP contribution is 2.33. The highest BCUT2D eigenvalue weighted by molar-refractivity contribution is 6.75. The molecule has 1 saturated heterocycles. The van der Waals surface area contributed by atoms with Crippen LogP contribution in [0.3, 0.4) is 0 Å². The van der Waals surface area contributed by atoms with Gasteiger partial charge in [-0.1, -0.05) is 35.9 Å². The maximum atomic E-state index is 12.8. The number of Topliss-reactive ketones (excluding diaryl/α,β-unsaturated/α-hetero) is 1. The van der Waals surface area contributed by atoms with Crippen molar-refractivity contribution in [3.05, 3.63) is 59.6 Å². The van der Waals surface area contributed by atoms with Crippen LogP contribution < -0.4 is 10.3 Å². The van der Waals surface area contributed by atoms with Crippen LogP contribution in [0.4, 0.5) is 11.4 Å². The number of hydrogen-bond acceptors (Lipinski definition) is 6. The fourth-order valence-electron chi connectivity index (χ4n) is 2.98. The highest BCUT2D eigenvalue weighted by atomic mass is 35.5. The van der Waals surface area contributed by atoms with Crippen LogP contribution in [-0.2, 0) is 19.1 Å². The van der Waals surface area contributed by atoms with Crippen LogP contribution in [0.5, 0.6) is 0 Å². The molecule has 1 heterocycles. The molecule has 7 nitrogen and oxygen atoms in total. The van der Waals surface area contributed by atoms with E-state index in [-0.39, 0.29) is 12.3 Å². The Kier molecular flexibility index (Phi) is 5.46. The van der Waals surface area contributed by atoms with Gasteiger partial charge in [0.05, 0.1) is 12.3 Å². The lowest BCUT2D eigenvalue weighted by Crippen LogP contribution is -2.55. The Morgan fingerprint density at radius 3 is 2.54 bits per heavy atom. The lowest BCUT2D eigenvalue weighted by atomic mass is 9.95. The number of benzene rings is 2. The minimum absolute atomic E-state index is 0.0917. The Morgan fingerprint density at radius 1 is 1.18 bits per heavy atom. The van der Waals surface area contributed by atoms with Gasteiger partial charge < -0.3 is 4.74 Å². The number of carbonyl (C=O) groups excluding carboxylic acids is 3. The van der Waals surface area contributed by atoms with E-state index in [0.29, 0.717) is 16.4 Å². The van der Waals surface area contributed by atoms with Gasteiger partial charge in [-0.2, -0.15) is 5.10 Å². The number of anilines is 2. The zero-order valence-corrected chi connectivity index (χ0v) is 16.1. The maximum Gasteiger partial charge on any atom is 0.338 e. The molecule has 0 unspecified atom stereocenters. The molecule has 2 aromatic carbocycles. The smallest absolute Gasteiger partial charge is 0.338 e. The number of ketones is 1. The maximum absolute atomic E-state index is 12.8. The Balaban J connectivity index is 2.09. The molecule has 1 amide bonds. The topological polar surface area (TPSA) is 88.1 Å². The van der Waals surface area contributed by atoms with Crippen LogP contribution in [0.2, 0.25) is 5.02 Å². The van der Waals surface area contributed by atoms with Gasteiger partial charge in [0, 0.05) is 10.7 Å². The molecule has 1 N–H and O–H groups in total. The lowest BCUT2D eigenvalue weighted by molar-refractivity contribution is -0.147. The molecule has 0 aliphatic carbocycles. The van der Waals surface area contributed by atoms with Gasteiger partial charge >= 0.3 is 11.9 Å². The van der Waals surface area contributed by atoms with Crippen LogP contribution in [0.25, 0.3) is 0 Å². The first-order valence-electron chi connectivity index (χ1n) is 8.60. The van der Waals surface area contributed by atoms with E-state index in [0.717, 1.165) is 4.90 Å². The minimum Gasteiger partial charge on any atom is -0.464 e. The Hall–Kier alpha value is -3.19. The van der Waals surface area contributed by atoms with Crippen molar-refractivity contribution in [2.45, 2.75) is 19.4 Å². The molecule has 1 fully saturated rings. The number of hydrazone groups is 1. The zero-order chi connectivity index (χ0) is 20.3. The molecule has 0 radical (unpaired) electrons. The largest absolute Gasteiger partial charge is 0.464 e. The molecule has 28 heavy (non-hydrogen) atoms. The molecular formula is C20H18ClN3O4. The van der Waals surface area contributed by atoms with E-state index in [4.69, 9.17) is 16.3 Å². The van der Waals surface area contributed by atoms with Gasteiger partial charge in [0.1, 0.15) is 0 Å². The van der Waals surface area contributed by atoms with Gasteiger partial charge in [0.2, 0.25) is 0 Å². The summed E-state index contributed by atoms with van der Waals surface area (Å²) in [6.45, 7) is 3.18. The van der Waals surface area contributed by atoms with E-state index in [9.17, 15) is 14.4 Å². The van der Waals surface area contributed by atoms with Crippen molar-refractivity contribution in [1.29, 1.82) is 0 Å². The van der Waals surface area contributed by atoms with Crippen LogP contribution in [-0.4, -0.2) is 35.5 Å². The van der Waals surface area contributed by atoms with Crippen LogP contribution in [0.1, 0.15) is 13.8 Å². The van der Waals surface area contributed by atoms with Gasteiger partial charge in [-0.05, 0) is 44.2 Å². The van der Waals surface area contributed by atoms with Crippen molar-refractivity contribution >= 4 is 46.3 Å². The fraction of sp³-hybridized carbons (Fsp3) is 0.200. The third-order valence-corrected chi connectivity index (χ3v) is 4.56. The second-order valence-electron chi connectivity index (χ2n) is 6.18. The van der Waals surface area contributed by atoms with Crippen molar-refractivity contribution in [3.63, 3.8) is 0 Å². The first kappa shape index (κ1) is 19.6. The molecule has 0 spiro atoms. The normalized spacial score (nSPS) is 20.5. The number of amides is 1. The average molecular weight is 400 g/mol. The highest BCUT2D eigenvalue weighted by Gasteiger charge is 2.60. The van der Waals surface area contributed by atoms with E-state index in [1.54, 1.807) is 61.5 Å². The van der Waals surface area contributed by atoms with E-state index in [1.807, 2.05) is 0 Å². The molecule has 0 saturated carbocycles. The van der Waals surface area contributed by atoms with Gasteiger partial charge in [0.15, 0.2) is 11.3 Å². The minimum atomic E-state index is -1.71. The van der Waals surface area contributed by atoms with Crippen LogP contribution in [0.15, 0.2) is 59.7 Å². The predicted molar refractivity (Wildman–Crippen MR) is 106 cm³/mol. The first-order chi connectivity index (χ1) is 13.4. The SMILES string of the molecule is CCOC(=O)[C@]1(C)/C(=N/Nc2cccc(Cl)c2)C(=O)C(=O)N1c1ccccc1. The summed E-state index contributed by atoms with van der Waals surface area (Å²) in [6.07, 6.45) is 0. The molecule has 1 atom stereocenters. The van der Waals surface area contributed by atoms with Crippen molar-refractivity contribution < 1.29 is 19.1 Å². The molecule has 0 aromatic heterocycles. The number of esters is 1. The van der Waals surface area contributed by atoms with Crippen molar-refractivity contribution in [3.8, 4) is 0 Å². The fourth-order valence-corrected chi connectivity index (χ4v) is 3.17. The summed E-state index contributed by atoms with van der Waals surface area (Å²) in [4.78, 5) is 39.4. The second-order valence-corrected chi connectivity index (χ2v) is 6.62. The molecule has 3 rings (SSSR count). The number of halogens is 1. The van der Waals surface area contributed by atoms with E-state index >= 15 is 0 Å². The van der Waals surface area contributed by atoms with Crippen LogP contribution >= 0.6 is 11.6 Å². The Morgan fingerprint density at radius 2 is 1.89 bits per heavy atom. The van der Waals surface area contributed by atoms with Gasteiger partial charge in [-0.15, -0.1) is 0 Å². The lowest BCUT2D eigenvalue weighted by Gasteiger charge is -2.31. The number of ether oxygens (including phenoxy) is 1. The number of para-hydroxylation sites is 1.